The van der Waals surface area contributed by atoms with E-state index in [2.05, 4.69) is 31.8 Å². The van der Waals surface area contributed by atoms with Gasteiger partial charge in [0.2, 0.25) is 0 Å². The number of nitrogens with one attached hydrogen (secondary N) is 5. The third kappa shape index (κ3) is 5.35. The van der Waals surface area contributed by atoms with Crippen LogP contribution in [-0.4, -0.2) is 43.5 Å². The van der Waals surface area contributed by atoms with E-state index in [0.29, 0.717) is 34.5 Å². The van der Waals surface area contributed by atoms with Gasteiger partial charge in [-0.1, -0.05) is 18.2 Å². The van der Waals surface area contributed by atoms with Gasteiger partial charge in [-0.15, -0.1) is 11.3 Å². The Morgan fingerprint density at radius 2 is 1.94 bits per heavy atom. The third-order valence-corrected chi connectivity index (χ3v) is 7.24. The average Bonchev–Trinajstić information content (AvgIpc) is 3.57. The number of hydrogen-bond donors (Lipinski definition) is 5. The Bertz CT molecular complexity index is 1210. The van der Waals surface area contributed by atoms with E-state index < -0.39 is 0 Å². The van der Waals surface area contributed by atoms with Crippen molar-refractivity contribution in [1.29, 1.82) is 0 Å². The zero-order valence-electron chi connectivity index (χ0n) is 19.4. The fourth-order valence-corrected chi connectivity index (χ4v) is 5.30. The van der Waals surface area contributed by atoms with Gasteiger partial charge in [-0.25, -0.2) is 4.98 Å². The van der Waals surface area contributed by atoms with E-state index in [1.807, 2.05) is 24.3 Å². The second-order valence-corrected chi connectivity index (χ2v) is 9.65. The number of methoxy groups -OCH3 is 1. The number of benzene rings is 2. The second-order valence-electron chi connectivity index (χ2n) is 8.57. The molecular formula is C25H28N6O3S. The highest BCUT2D eigenvalue weighted by Crippen LogP contribution is 2.29. The minimum absolute atomic E-state index is 0.200. The van der Waals surface area contributed by atoms with E-state index in [1.165, 1.54) is 16.2 Å². The predicted octanol–water partition coefficient (Wildman–Crippen LogP) is 2.17. The number of aromatic nitrogens is 1. The van der Waals surface area contributed by atoms with Crippen molar-refractivity contribution in [1.82, 2.24) is 26.5 Å². The molecule has 0 atom stereocenters. The summed E-state index contributed by atoms with van der Waals surface area (Å²) in [5.41, 5.74) is 10.2. The van der Waals surface area contributed by atoms with Crippen molar-refractivity contribution < 1.29 is 14.3 Å². The molecule has 0 bridgehead atoms. The molecule has 0 spiro atoms. The van der Waals surface area contributed by atoms with Crippen LogP contribution in [0.4, 0.5) is 5.13 Å². The molecule has 1 aromatic heterocycles. The fraction of sp³-hybridized carbons (Fsp3) is 0.320. The van der Waals surface area contributed by atoms with Crippen molar-refractivity contribution in [2.45, 2.75) is 25.4 Å². The zero-order valence-corrected chi connectivity index (χ0v) is 20.3. The lowest BCUT2D eigenvalue weighted by atomic mass is 9.97. The van der Waals surface area contributed by atoms with E-state index in [4.69, 9.17) is 4.74 Å². The highest BCUT2D eigenvalue weighted by Gasteiger charge is 2.21. The molecule has 9 nitrogen and oxygen atoms in total. The molecular weight excluding hydrogens is 464 g/mol. The van der Waals surface area contributed by atoms with E-state index in [-0.39, 0.29) is 11.8 Å². The molecule has 5 rings (SSSR count). The van der Waals surface area contributed by atoms with Gasteiger partial charge >= 0.3 is 0 Å². The number of hydrazine groups is 1. The highest BCUT2D eigenvalue weighted by atomic mass is 32.1. The van der Waals surface area contributed by atoms with Gasteiger partial charge in [0, 0.05) is 61.1 Å². The smallest absolute Gasteiger partial charge is 0.257 e. The zero-order chi connectivity index (χ0) is 24.2. The molecule has 2 amide bonds. The summed E-state index contributed by atoms with van der Waals surface area (Å²) in [6.45, 7) is 3.63. The first-order chi connectivity index (χ1) is 17.1. The number of fused-ring (bicyclic) bond motifs is 1. The topological polar surface area (TPSA) is 116 Å². The van der Waals surface area contributed by atoms with Crippen LogP contribution in [-0.2, 0) is 19.5 Å². The second kappa shape index (κ2) is 10.5. The first-order valence-corrected chi connectivity index (χ1v) is 12.4. The standard InChI is InChI=1S/C25H28N6O3S/c1-34-21-10-17(5-6-19(21)18-12-28-29-13-18)23(32)27-11-15-3-2-4-16(9-15)24(33)31-25-30-20-7-8-26-14-22(20)35-25/h2-6,9-10,18,26,28-29H,7-8,11-14H2,1H3,(H,27,32)(H,30,31,33). The van der Waals surface area contributed by atoms with Crippen LogP contribution in [0.15, 0.2) is 42.5 Å². The molecule has 10 heteroatoms. The maximum atomic E-state index is 12.8. The molecule has 1 fully saturated rings. The summed E-state index contributed by atoms with van der Waals surface area (Å²) in [6, 6.07) is 12.8. The number of carbonyl (C=O) groups is 2. The fourth-order valence-electron chi connectivity index (χ4n) is 4.33. The molecule has 35 heavy (non-hydrogen) atoms. The van der Waals surface area contributed by atoms with Crippen molar-refractivity contribution in [3.8, 4) is 5.75 Å². The van der Waals surface area contributed by atoms with Gasteiger partial charge in [-0.2, -0.15) is 0 Å². The molecule has 0 saturated carbocycles. The maximum absolute atomic E-state index is 12.8. The number of nitrogens with zero attached hydrogens (tertiary/aromatic N) is 1. The van der Waals surface area contributed by atoms with Crippen LogP contribution in [0.3, 0.4) is 0 Å². The molecule has 0 radical (unpaired) electrons. The molecule has 3 aromatic rings. The number of amides is 2. The summed E-state index contributed by atoms with van der Waals surface area (Å²) in [5, 5.41) is 9.77. The van der Waals surface area contributed by atoms with Crippen molar-refractivity contribution in [3.05, 3.63) is 75.3 Å². The quantitative estimate of drug-likeness (QED) is 0.343. The molecule has 3 heterocycles. The number of ether oxygens (including phenoxy) is 1. The Morgan fingerprint density at radius 1 is 1.11 bits per heavy atom. The normalized spacial score (nSPS) is 15.5. The summed E-state index contributed by atoms with van der Waals surface area (Å²) in [6.07, 6.45) is 0.875. The lowest BCUT2D eigenvalue weighted by Crippen LogP contribution is -2.23. The molecule has 2 aliphatic heterocycles. The van der Waals surface area contributed by atoms with Gasteiger partial charge in [0.1, 0.15) is 5.75 Å². The molecule has 1 saturated heterocycles. The van der Waals surface area contributed by atoms with Crippen LogP contribution >= 0.6 is 11.3 Å². The minimum Gasteiger partial charge on any atom is -0.496 e. The van der Waals surface area contributed by atoms with Crippen LogP contribution in [0, 0.1) is 0 Å². The Morgan fingerprint density at radius 3 is 2.74 bits per heavy atom. The lowest BCUT2D eigenvalue weighted by molar-refractivity contribution is 0.0950. The van der Waals surface area contributed by atoms with E-state index in [9.17, 15) is 9.59 Å². The maximum Gasteiger partial charge on any atom is 0.257 e. The number of hydrogen-bond acceptors (Lipinski definition) is 8. The third-order valence-electron chi connectivity index (χ3n) is 6.22. The monoisotopic (exact) mass is 492 g/mol. The molecule has 0 aliphatic carbocycles. The van der Waals surface area contributed by atoms with Gasteiger partial charge in [-0.05, 0) is 35.4 Å². The van der Waals surface area contributed by atoms with Crippen molar-refractivity contribution in [3.63, 3.8) is 0 Å². The Balaban J connectivity index is 1.21. The van der Waals surface area contributed by atoms with E-state index in [0.717, 1.165) is 49.4 Å². The molecule has 182 valence electrons. The van der Waals surface area contributed by atoms with Crippen molar-refractivity contribution in [2.24, 2.45) is 0 Å². The predicted molar refractivity (Wildman–Crippen MR) is 135 cm³/mol. The minimum atomic E-state index is -0.214. The van der Waals surface area contributed by atoms with E-state index >= 15 is 0 Å². The number of rotatable bonds is 7. The first-order valence-electron chi connectivity index (χ1n) is 11.6. The number of anilines is 1. The van der Waals surface area contributed by atoms with Crippen LogP contribution in [0.25, 0.3) is 0 Å². The average molecular weight is 493 g/mol. The summed E-state index contributed by atoms with van der Waals surface area (Å²) >= 11 is 1.51. The summed E-state index contributed by atoms with van der Waals surface area (Å²) in [7, 11) is 1.62. The van der Waals surface area contributed by atoms with E-state index in [1.54, 1.807) is 25.3 Å². The molecule has 2 aromatic carbocycles. The SMILES string of the molecule is COc1cc(C(=O)NCc2cccc(C(=O)Nc3nc4c(s3)CNCC4)c2)ccc1C1CNNC1. The Labute approximate surface area is 207 Å². The summed E-state index contributed by atoms with van der Waals surface area (Å²) < 4.78 is 5.54. The summed E-state index contributed by atoms with van der Waals surface area (Å²) in [4.78, 5) is 31.3. The lowest BCUT2D eigenvalue weighted by Gasteiger charge is -2.15. The van der Waals surface area contributed by atoms with Crippen LogP contribution in [0.1, 0.15) is 48.3 Å². The number of carbonyl (C=O) groups excluding carboxylic acids is 2. The van der Waals surface area contributed by atoms with Crippen LogP contribution < -0.4 is 31.5 Å². The van der Waals surface area contributed by atoms with Crippen molar-refractivity contribution >= 4 is 28.3 Å². The van der Waals surface area contributed by atoms with Gasteiger partial charge in [0.05, 0.1) is 12.8 Å². The van der Waals surface area contributed by atoms with Gasteiger partial charge in [0.15, 0.2) is 5.13 Å². The Hall–Kier alpha value is -3.31. The van der Waals surface area contributed by atoms with Crippen LogP contribution in [0.2, 0.25) is 0 Å². The Kier molecular flexibility index (Phi) is 7.05. The molecule has 0 unspecified atom stereocenters. The van der Waals surface area contributed by atoms with Crippen molar-refractivity contribution in [2.75, 3.05) is 32.1 Å². The molecule has 5 N–H and O–H groups in total. The highest BCUT2D eigenvalue weighted by molar-refractivity contribution is 7.15. The van der Waals surface area contributed by atoms with Gasteiger partial charge in [0.25, 0.3) is 11.8 Å². The first kappa shape index (κ1) is 23.4. The summed E-state index contributed by atoms with van der Waals surface area (Å²) in [5.74, 6) is 0.580. The number of thiazole rings is 1. The van der Waals surface area contributed by atoms with Gasteiger partial charge < -0.3 is 15.4 Å². The van der Waals surface area contributed by atoms with Gasteiger partial charge in [-0.3, -0.25) is 25.8 Å². The van der Waals surface area contributed by atoms with Crippen LogP contribution in [0.5, 0.6) is 5.75 Å². The largest absolute Gasteiger partial charge is 0.496 e. The molecule has 2 aliphatic rings.